The average molecular weight is 508 g/mol. The van der Waals surface area contributed by atoms with E-state index in [4.69, 9.17) is 0 Å². The lowest BCUT2D eigenvalue weighted by molar-refractivity contribution is -0.113. The van der Waals surface area contributed by atoms with Crippen LogP contribution in [0.3, 0.4) is 0 Å². The molecule has 0 heterocycles. The number of ketones is 1. The molecule has 0 aromatic heterocycles. The van der Waals surface area contributed by atoms with Crippen molar-refractivity contribution in [2.45, 2.75) is 18.8 Å². The number of rotatable bonds is 3. The fourth-order valence-electron chi connectivity index (χ4n) is 3.76. The molecule has 3 heteroatoms. The molecule has 0 amide bonds. The van der Waals surface area contributed by atoms with E-state index in [-0.39, 0.29) is 11.7 Å². The van der Waals surface area contributed by atoms with E-state index in [0.717, 1.165) is 44.1 Å². The minimum absolute atomic E-state index is 0.142. The molecule has 0 atom stereocenters. The van der Waals surface area contributed by atoms with Crippen molar-refractivity contribution in [3.05, 3.63) is 116 Å². The van der Waals surface area contributed by atoms with Gasteiger partial charge in [-0.25, -0.2) is 0 Å². The maximum Gasteiger partial charge on any atom is 0.185 e. The Morgan fingerprint density at radius 2 is 1.10 bits per heavy atom. The fraction of sp³-hybridized carbons (Fsp3) is 0.115. The summed E-state index contributed by atoms with van der Waals surface area (Å²) in [5.74, 6) is 0.431. The summed E-state index contributed by atoms with van der Waals surface area (Å²) < 4.78 is 2.00. The van der Waals surface area contributed by atoms with Crippen LogP contribution in [0.25, 0.3) is 12.2 Å². The Hall–Kier alpha value is -2.23. The van der Waals surface area contributed by atoms with Gasteiger partial charge in [0.15, 0.2) is 5.78 Å². The van der Waals surface area contributed by atoms with Crippen LogP contribution >= 0.6 is 31.9 Å². The van der Waals surface area contributed by atoms with Gasteiger partial charge in [-0.05, 0) is 59.7 Å². The van der Waals surface area contributed by atoms with E-state index in [0.29, 0.717) is 0 Å². The fourth-order valence-corrected chi connectivity index (χ4v) is 4.56. The average Bonchev–Trinajstić information content (AvgIpc) is 2.74. The first-order valence-electron chi connectivity index (χ1n) is 9.61. The molecule has 1 aliphatic carbocycles. The highest BCUT2D eigenvalue weighted by atomic mass is 79.9. The molecule has 3 aromatic rings. The third-order valence-electron chi connectivity index (χ3n) is 5.26. The molecule has 0 aliphatic heterocycles. The standard InChI is InChI=1S/C26H20Br2O/c27-24-12-6-4-10-19(24)14-22-16-21(18-8-2-1-3-9-18)17-23(26(22)29)15-20-11-5-7-13-25(20)28/h1-15,21H,16-17H2/b22-14-,23-15-. The molecule has 1 nitrogen and oxygen atoms in total. The molecule has 1 saturated carbocycles. The molecule has 0 N–H and O–H groups in total. The summed E-state index contributed by atoms with van der Waals surface area (Å²) in [6.07, 6.45) is 5.57. The number of carbonyl (C=O) groups is 1. The Morgan fingerprint density at radius 3 is 1.59 bits per heavy atom. The van der Waals surface area contributed by atoms with Crippen molar-refractivity contribution >= 4 is 49.8 Å². The molecule has 0 radical (unpaired) electrons. The Balaban J connectivity index is 1.78. The van der Waals surface area contributed by atoms with Gasteiger partial charge in [0.2, 0.25) is 0 Å². The van der Waals surface area contributed by atoms with Crippen LogP contribution in [-0.4, -0.2) is 5.78 Å². The van der Waals surface area contributed by atoms with Crippen molar-refractivity contribution in [3.63, 3.8) is 0 Å². The van der Waals surface area contributed by atoms with Crippen LogP contribution in [0.5, 0.6) is 0 Å². The van der Waals surface area contributed by atoms with Crippen molar-refractivity contribution in [1.82, 2.24) is 0 Å². The maximum atomic E-state index is 13.4. The molecule has 1 fully saturated rings. The number of carbonyl (C=O) groups excluding carboxylic acids is 1. The van der Waals surface area contributed by atoms with Gasteiger partial charge < -0.3 is 0 Å². The lowest BCUT2D eigenvalue weighted by Crippen LogP contribution is -2.19. The molecule has 144 valence electrons. The zero-order valence-electron chi connectivity index (χ0n) is 15.8. The number of allylic oxidation sites excluding steroid dienone is 2. The molecular formula is C26H20Br2O. The molecule has 1 aliphatic rings. The van der Waals surface area contributed by atoms with Gasteiger partial charge in [0.25, 0.3) is 0 Å². The smallest absolute Gasteiger partial charge is 0.185 e. The van der Waals surface area contributed by atoms with Crippen LogP contribution in [0.1, 0.15) is 35.4 Å². The highest BCUT2D eigenvalue weighted by Gasteiger charge is 2.29. The van der Waals surface area contributed by atoms with Gasteiger partial charge >= 0.3 is 0 Å². The van der Waals surface area contributed by atoms with E-state index in [1.807, 2.05) is 66.7 Å². The van der Waals surface area contributed by atoms with Crippen LogP contribution < -0.4 is 0 Å². The molecule has 3 aromatic carbocycles. The second-order valence-corrected chi connectivity index (χ2v) is 8.94. The van der Waals surface area contributed by atoms with E-state index in [1.165, 1.54) is 5.56 Å². The van der Waals surface area contributed by atoms with Gasteiger partial charge in [0.1, 0.15) is 0 Å². The van der Waals surface area contributed by atoms with Crippen molar-refractivity contribution in [2.75, 3.05) is 0 Å². The first kappa shape index (κ1) is 20.1. The quantitative estimate of drug-likeness (QED) is 0.330. The SMILES string of the molecule is O=C1/C(=C\c2ccccc2Br)CC(c2ccccc2)C/C1=C/c1ccccc1Br. The van der Waals surface area contributed by atoms with Crippen molar-refractivity contribution in [3.8, 4) is 0 Å². The van der Waals surface area contributed by atoms with Gasteiger partial charge in [-0.15, -0.1) is 0 Å². The van der Waals surface area contributed by atoms with E-state index in [1.54, 1.807) is 0 Å². The summed E-state index contributed by atoms with van der Waals surface area (Å²) in [5, 5.41) is 0. The summed E-state index contributed by atoms with van der Waals surface area (Å²) in [7, 11) is 0. The largest absolute Gasteiger partial charge is 0.289 e. The summed E-state index contributed by atoms with van der Waals surface area (Å²) in [6, 6.07) is 26.5. The van der Waals surface area contributed by atoms with Crippen molar-refractivity contribution in [1.29, 1.82) is 0 Å². The van der Waals surface area contributed by atoms with Gasteiger partial charge in [0, 0.05) is 20.1 Å². The lowest BCUT2D eigenvalue weighted by Gasteiger charge is -2.26. The van der Waals surface area contributed by atoms with Crippen molar-refractivity contribution < 1.29 is 4.79 Å². The van der Waals surface area contributed by atoms with Crippen LogP contribution in [0, 0.1) is 0 Å². The molecule has 29 heavy (non-hydrogen) atoms. The summed E-state index contributed by atoms with van der Waals surface area (Å²) in [6.45, 7) is 0. The zero-order chi connectivity index (χ0) is 20.2. The van der Waals surface area contributed by atoms with Crippen molar-refractivity contribution in [2.24, 2.45) is 0 Å². The normalized spacial score (nSPS) is 19.7. The van der Waals surface area contributed by atoms with Gasteiger partial charge in [-0.3, -0.25) is 4.79 Å². The Kier molecular flexibility index (Phi) is 6.27. The number of halogens is 2. The third kappa shape index (κ3) is 4.68. The van der Waals surface area contributed by atoms with Gasteiger partial charge in [-0.1, -0.05) is 98.6 Å². The predicted octanol–water partition coefficient (Wildman–Crippen LogP) is 7.83. The second kappa shape index (κ2) is 9.06. The monoisotopic (exact) mass is 506 g/mol. The molecule has 0 spiro atoms. The number of Topliss-reactive ketones (excluding diaryl/α,β-unsaturated/α-hetero) is 1. The molecule has 0 saturated heterocycles. The van der Waals surface area contributed by atoms with Crippen LogP contribution in [-0.2, 0) is 4.79 Å². The summed E-state index contributed by atoms with van der Waals surface area (Å²) in [4.78, 5) is 13.4. The van der Waals surface area contributed by atoms with Gasteiger partial charge in [0.05, 0.1) is 0 Å². The first-order valence-corrected chi connectivity index (χ1v) is 11.2. The molecule has 0 bridgehead atoms. The van der Waals surface area contributed by atoms with E-state index in [9.17, 15) is 4.79 Å². The lowest BCUT2D eigenvalue weighted by atomic mass is 9.77. The summed E-state index contributed by atoms with van der Waals surface area (Å²) in [5.41, 5.74) is 5.05. The minimum atomic E-state index is 0.142. The van der Waals surface area contributed by atoms with Crippen LogP contribution in [0.4, 0.5) is 0 Å². The van der Waals surface area contributed by atoms with Gasteiger partial charge in [-0.2, -0.15) is 0 Å². The highest BCUT2D eigenvalue weighted by molar-refractivity contribution is 9.10. The molecule has 4 rings (SSSR count). The van der Waals surface area contributed by atoms with E-state index < -0.39 is 0 Å². The summed E-state index contributed by atoms with van der Waals surface area (Å²) >= 11 is 7.21. The van der Waals surface area contributed by atoms with E-state index >= 15 is 0 Å². The predicted molar refractivity (Wildman–Crippen MR) is 128 cm³/mol. The number of hydrogen-bond donors (Lipinski definition) is 0. The zero-order valence-corrected chi connectivity index (χ0v) is 19.0. The van der Waals surface area contributed by atoms with E-state index in [2.05, 4.69) is 56.1 Å². The first-order chi connectivity index (χ1) is 14.1. The number of benzene rings is 3. The number of hydrogen-bond acceptors (Lipinski definition) is 1. The Bertz CT molecular complexity index is 1030. The molecular weight excluding hydrogens is 488 g/mol. The topological polar surface area (TPSA) is 17.1 Å². The maximum absolute atomic E-state index is 13.4. The minimum Gasteiger partial charge on any atom is -0.289 e. The molecule has 0 unspecified atom stereocenters. The second-order valence-electron chi connectivity index (χ2n) is 7.23. The van der Waals surface area contributed by atoms with Crippen LogP contribution in [0.2, 0.25) is 0 Å². The van der Waals surface area contributed by atoms with Crippen LogP contribution in [0.15, 0.2) is 99.0 Å². The Morgan fingerprint density at radius 1 is 0.655 bits per heavy atom. The Labute approximate surface area is 188 Å². The highest BCUT2D eigenvalue weighted by Crippen LogP contribution is 2.39. The third-order valence-corrected chi connectivity index (χ3v) is 6.70.